The van der Waals surface area contributed by atoms with Crippen LogP contribution in [0.15, 0.2) is 206 Å². The number of benzene rings is 9. The van der Waals surface area contributed by atoms with E-state index >= 15 is 0 Å². The first kappa shape index (κ1) is 32.7. The molecule has 1 heterocycles. The van der Waals surface area contributed by atoms with Gasteiger partial charge in [-0.2, -0.15) is 0 Å². The van der Waals surface area contributed by atoms with Crippen LogP contribution in [0.1, 0.15) is 27.8 Å². The molecule has 0 bridgehead atoms. The second-order valence-corrected chi connectivity index (χ2v) is 16.0. The average molecular weight is 732 g/mol. The highest BCUT2D eigenvalue weighted by molar-refractivity contribution is 7.25. The number of hydrogen-bond donors (Lipinski definition) is 0. The van der Waals surface area contributed by atoms with E-state index in [2.05, 4.69) is 218 Å². The first-order valence-corrected chi connectivity index (χ1v) is 20.2. The van der Waals surface area contributed by atoms with E-state index in [4.69, 9.17) is 0 Å². The lowest BCUT2D eigenvalue weighted by atomic mass is 9.67. The molecule has 0 atom stereocenters. The summed E-state index contributed by atoms with van der Waals surface area (Å²) in [7, 11) is 0. The van der Waals surface area contributed by atoms with Crippen molar-refractivity contribution >= 4 is 59.3 Å². The topological polar surface area (TPSA) is 3.24 Å². The highest BCUT2D eigenvalue weighted by Gasteiger charge is 2.47. The maximum atomic E-state index is 2.51. The third kappa shape index (κ3) is 4.93. The van der Waals surface area contributed by atoms with E-state index in [-0.39, 0.29) is 0 Å². The summed E-state index contributed by atoms with van der Waals surface area (Å²) < 4.78 is 2.60. The molecule has 0 unspecified atom stereocenters. The first-order chi connectivity index (χ1) is 27.7. The summed E-state index contributed by atoms with van der Waals surface area (Å²) in [6.45, 7) is 2.26. The lowest BCUT2D eigenvalue weighted by Gasteiger charge is -2.35. The van der Waals surface area contributed by atoms with Crippen molar-refractivity contribution in [3.63, 3.8) is 0 Å². The van der Waals surface area contributed by atoms with Gasteiger partial charge in [0.15, 0.2) is 0 Å². The molecule has 1 nitrogen and oxygen atoms in total. The Kier molecular flexibility index (Phi) is 7.55. The summed E-state index contributed by atoms with van der Waals surface area (Å²) in [4.78, 5) is 2.51. The molecule has 0 fully saturated rings. The Labute approximate surface area is 331 Å². The zero-order valence-electron chi connectivity index (χ0n) is 31.0. The second-order valence-electron chi connectivity index (χ2n) is 14.9. The maximum absolute atomic E-state index is 2.51. The normalized spacial score (nSPS) is 12.9. The van der Waals surface area contributed by atoms with E-state index in [9.17, 15) is 0 Å². The Hall–Kier alpha value is -6.74. The van der Waals surface area contributed by atoms with Crippen LogP contribution in [-0.4, -0.2) is 0 Å². The Bertz CT molecular complexity index is 3050. The summed E-state index contributed by atoms with van der Waals surface area (Å²) in [5.74, 6) is 0. The fourth-order valence-corrected chi connectivity index (χ4v) is 10.5. The van der Waals surface area contributed by atoms with Crippen LogP contribution in [0, 0.1) is 6.92 Å². The Morgan fingerprint density at radius 2 is 1.04 bits per heavy atom. The van der Waals surface area contributed by atoms with Gasteiger partial charge < -0.3 is 4.90 Å². The van der Waals surface area contributed by atoms with Crippen LogP contribution in [-0.2, 0) is 5.41 Å². The molecule has 0 saturated carbocycles. The van der Waals surface area contributed by atoms with Crippen LogP contribution in [0.5, 0.6) is 0 Å². The molecule has 2 heteroatoms. The predicted molar refractivity (Wildman–Crippen MR) is 239 cm³/mol. The van der Waals surface area contributed by atoms with Gasteiger partial charge in [-0.1, -0.05) is 158 Å². The third-order valence-corrected chi connectivity index (χ3v) is 13.0. The Morgan fingerprint density at radius 3 is 1.79 bits per heavy atom. The minimum absolute atomic E-state index is 0.514. The van der Waals surface area contributed by atoms with Gasteiger partial charge in [0.2, 0.25) is 0 Å². The molecular weight excluding hydrogens is 695 g/mol. The van der Waals surface area contributed by atoms with Crippen LogP contribution in [0.3, 0.4) is 0 Å². The SMILES string of the molecule is Cc1cccc2c1-c1ccc(N(c3ccc4sc5ccccc5c4c3)c3cc4ccccc4cc3-c3ccccc3)cc1C2(c1ccccc1)c1ccccc1. The van der Waals surface area contributed by atoms with E-state index in [1.165, 1.54) is 81.0 Å². The van der Waals surface area contributed by atoms with Gasteiger partial charge in [-0.05, 0) is 111 Å². The molecule has 0 amide bonds. The van der Waals surface area contributed by atoms with Crippen molar-refractivity contribution in [3.05, 3.63) is 234 Å². The lowest BCUT2D eigenvalue weighted by molar-refractivity contribution is 0.768. The number of hydrogen-bond acceptors (Lipinski definition) is 2. The van der Waals surface area contributed by atoms with Crippen LogP contribution < -0.4 is 4.90 Å². The fourth-order valence-electron chi connectivity index (χ4n) is 9.39. The molecule has 0 saturated heterocycles. The summed E-state index contributed by atoms with van der Waals surface area (Å²) in [5, 5.41) is 5.01. The molecule has 1 aliphatic carbocycles. The Morgan fingerprint density at radius 1 is 0.429 bits per heavy atom. The zero-order chi connectivity index (χ0) is 37.2. The predicted octanol–water partition coefficient (Wildman–Crippen LogP) is 15.0. The molecule has 0 spiro atoms. The van der Waals surface area contributed by atoms with Gasteiger partial charge >= 0.3 is 0 Å². The monoisotopic (exact) mass is 731 g/mol. The lowest BCUT2D eigenvalue weighted by Crippen LogP contribution is -2.28. The van der Waals surface area contributed by atoms with Gasteiger partial charge in [0.05, 0.1) is 11.1 Å². The molecule has 9 aromatic carbocycles. The van der Waals surface area contributed by atoms with Crippen LogP contribution in [0.25, 0.3) is 53.2 Å². The standard InChI is InChI=1S/C54H37NS/c1-36-16-15-26-48-53(36)45-30-28-43(35-49(45)54(48,40-21-7-3-8-22-40)41-23-9-4-10-24-41)55(42-29-31-52-47(34-42)44-25-13-14-27-51(44)56-52)50-33-39-20-12-11-19-38(39)32-46(50)37-17-5-2-6-18-37/h2-35H,1H3. The number of fused-ring (bicyclic) bond motifs is 7. The molecule has 1 aromatic heterocycles. The molecule has 56 heavy (non-hydrogen) atoms. The quantitative estimate of drug-likeness (QED) is 0.165. The van der Waals surface area contributed by atoms with Crippen LogP contribution in [0.2, 0.25) is 0 Å². The molecule has 10 aromatic rings. The van der Waals surface area contributed by atoms with Gasteiger partial charge in [0.1, 0.15) is 0 Å². The number of aryl methyl sites for hydroxylation is 1. The molecule has 1 aliphatic rings. The number of rotatable bonds is 6. The summed E-state index contributed by atoms with van der Waals surface area (Å²) in [6.07, 6.45) is 0. The number of nitrogens with zero attached hydrogens (tertiary/aromatic N) is 1. The van der Waals surface area contributed by atoms with Crippen LogP contribution >= 0.6 is 11.3 Å². The van der Waals surface area contributed by atoms with Crippen molar-refractivity contribution in [2.45, 2.75) is 12.3 Å². The third-order valence-electron chi connectivity index (χ3n) is 11.8. The van der Waals surface area contributed by atoms with Crippen molar-refractivity contribution in [1.82, 2.24) is 0 Å². The largest absolute Gasteiger partial charge is 0.310 e. The van der Waals surface area contributed by atoms with Crippen molar-refractivity contribution < 1.29 is 0 Å². The summed E-state index contributed by atoms with van der Waals surface area (Å²) in [6, 6.07) is 76.5. The molecule has 264 valence electrons. The van der Waals surface area contributed by atoms with Crippen molar-refractivity contribution in [1.29, 1.82) is 0 Å². The van der Waals surface area contributed by atoms with E-state index in [1.807, 2.05) is 11.3 Å². The molecule has 0 radical (unpaired) electrons. The Balaban J connectivity index is 1.25. The van der Waals surface area contributed by atoms with E-state index in [0.29, 0.717) is 0 Å². The van der Waals surface area contributed by atoms with Gasteiger partial charge in [-0.15, -0.1) is 11.3 Å². The maximum Gasteiger partial charge on any atom is 0.0714 e. The van der Waals surface area contributed by atoms with Crippen LogP contribution in [0.4, 0.5) is 17.1 Å². The summed E-state index contributed by atoms with van der Waals surface area (Å²) in [5.41, 5.74) is 14.3. The van der Waals surface area contributed by atoms with Crippen molar-refractivity contribution in [3.8, 4) is 22.3 Å². The highest BCUT2D eigenvalue weighted by atomic mass is 32.1. The van der Waals surface area contributed by atoms with Gasteiger partial charge in [0.25, 0.3) is 0 Å². The molecule has 0 aliphatic heterocycles. The second kappa shape index (κ2) is 12.9. The number of anilines is 3. The minimum Gasteiger partial charge on any atom is -0.310 e. The minimum atomic E-state index is -0.514. The van der Waals surface area contributed by atoms with E-state index in [0.717, 1.165) is 17.1 Å². The molecular formula is C54H37NS. The van der Waals surface area contributed by atoms with Crippen molar-refractivity contribution in [2.24, 2.45) is 0 Å². The molecule has 11 rings (SSSR count). The summed E-state index contributed by atoms with van der Waals surface area (Å²) >= 11 is 1.86. The number of thiophene rings is 1. The van der Waals surface area contributed by atoms with Gasteiger partial charge in [-0.3, -0.25) is 0 Å². The highest BCUT2D eigenvalue weighted by Crippen LogP contribution is 2.58. The van der Waals surface area contributed by atoms with Gasteiger partial charge in [-0.25, -0.2) is 0 Å². The average Bonchev–Trinajstić information content (AvgIpc) is 3.78. The smallest absolute Gasteiger partial charge is 0.0714 e. The van der Waals surface area contributed by atoms with Crippen molar-refractivity contribution in [2.75, 3.05) is 4.90 Å². The molecule has 0 N–H and O–H groups in total. The van der Waals surface area contributed by atoms with Gasteiger partial charge in [0, 0.05) is 37.1 Å². The first-order valence-electron chi connectivity index (χ1n) is 19.3. The van der Waals surface area contributed by atoms with E-state index in [1.54, 1.807) is 0 Å². The van der Waals surface area contributed by atoms with E-state index < -0.39 is 5.41 Å². The zero-order valence-corrected chi connectivity index (χ0v) is 31.8. The fraction of sp³-hybridized carbons (Fsp3) is 0.0370.